The molecule has 18 heteroatoms. The Labute approximate surface area is 395 Å². The van der Waals surface area contributed by atoms with Gasteiger partial charge in [0, 0.05) is 32.7 Å². The van der Waals surface area contributed by atoms with Crippen LogP contribution in [0.4, 0.5) is 65.9 Å². The zero-order chi connectivity index (χ0) is 51.4. The number of hydrogen-bond acceptors (Lipinski definition) is 1. The zero-order valence-electron chi connectivity index (χ0n) is 36.0. The molecule has 2 aromatic heterocycles. The van der Waals surface area contributed by atoms with Crippen LogP contribution in [-0.2, 0) is 30.9 Å². The van der Waals surface area contributed by atoms with Gasteiger partial charge in [0.05, 0.1) is 66.8 Å². The lowest BCUT2D eigenvalue weighted by molar-refractivity contribution is -0.144. The van der Waals surface area contributed by atoms with Crippen molar-refractivity contribution in [3.8, 4) is 50.8 Å². The Kier molecular flexibility index (Phi) is 10.8. The fourth-order valence-corrected chi connectivity index (χ4v) is 9.41. The van der Waals surface area contributed by atoms with Crippen molar-refractivity contribution in [3.63, 3.8) is 0 Å². The summed E-state index contributed by atoms with van der Waals surface area (Å²) in [6.07, 6.45) is -25.6. The Morgan fingerprint density at radius 3 is 1.24 bits per heavy atom. The number of nitrogens with zero attached hydrogens (tertiary/aromatic N) is 3. The molecular formula is C54H26F15N3. The molecule has 362 valence electrons. The van der Waals surface area contributed by atoms with E-state index >= 15 is 0 Å². The third-order valence-electron chi connectivity index (χ3n) is 12.5. The van der Waals surface area contributed by atoms with Crippen LogP contribution in [0, 0.1) is 11.3 Å². The Morgan fingerprint density at radius 1 is 0.333 bits per heavy atom. The molecule has 0 aliphatic heterocycles. The lowest BCUT2D eigenvalue weighted by Crippen LogP contribution is -2.12. The van der Waals surface area contributed by atoms with Gasteiger partial charge < -0.3 is 9.13 Å². The van der Waals surface area contributed by atoms with Crippen molar-refractivity contribution in [1.29, 1.82) is 5.26 Å². The third-order valence-corrected chi connectivity index (χ3v) is 12.5. The van der Waals surface area contributed by atoms with E-state index in [-0.39, 0.29) is 73.1 Å². The van der Waals surface area contributed by atoms with Gasteiger partial charge in [-0.25, -0.2) is 0 Å². The number of halogens is 15. The number of nitriles is 1. The Balaban J connectivity index is 1.23. The molecule has 0 spiro atoms. The van der Waals surface area contributed by atoms with Crippen molar-refractivity contribution < 1.29 is 65.9 Å². The van der Waals surface area contributed by atoms with E-state index in [1.165, 1.54) is 60.7 Å². The lowest BCUT2D eigenvalue weighted by Gasteiger charge is -2.21. The van der Waals surface area contributed by atoms with Gasteiger partial charge in [-0.1, -0.05) is 72.8 Å². The van der Waals surface area contributed by atoms with Crippen LogP contribution < -0.4 is 0 Å². The predicted octanol–water partition coefficient (Wildman–Crippen LogP) is 17.8. The third kappa shape index (κ3) is 8.02. The van der Waals surface area contributed by atoms with E-state index in [1.54, 1.807) is 57.7 Å². The number of rotatable bonds is 5. The van der Waals surface area contributed by atoms with Crippen LogP contribution in [0.3, 0.4) is 0 Å². The molecule has 10 rings (SSSR count). The smallest absolute Gasteiger partial charge is 0.309 e. The maximum atomic E-state index is 14.8. The van der Waals surface area contributed by atoms with E-state index < -0.39 is 69.8 Å². The van der Waals surface area contributed by atoms with Gasteiger partial charge in [-0.3, -0.25) is 0 Å². The number of aromatic nitrogens is 2. The van der Waals surface area contributed by atoms with Crippen LogP contribution in [0.5, 0.6) is 0 Å². The molecule has 0 amide bonds. The largest absolute Gasteiger partial charge is 0.417 e. The summed E-state index contributed by atoms with van der Waals surface area (Å²) in [7, 11) is 0. The van der Waals surface area contributed by atoms with Crippen LogP contribution in [0.15, 0.2) is 158 Å². The first-order valence-electron chi connectivity index (χ1n) is 21.2. The summed E-state index contributed by atoms with van der Waals surface area (Å²) in [5.74, 6) is 0. The van der Waals surface area contributed by atoms with Gasteiger partial charge in [0.25, 0.3) is 0 Å². The molecule has 8 aromatic carbocycles. The van der Waals surface area contributed by atoms with Gasteiger partial charge in [-0.15, -0.1) is 0 Å². The molecule has 0 unspecified atom stereocenters. The van der Waals surface area contributed by atoms with E-state index in [9.17, 15) is 71.1 Å². The van der Waals surface area contributed by atoms with Gasteiger partial charge >= 0.3 is 30.9 Å². The van der Waals surface area contributed by atoms with E-state index in [2.05, 4.69) is 6.07 Å². The summed E-state index contributed by atoms with van der Waals surface area (Å²) in [5, 5.41) is 12.0. The first-order valence-corrected chi connectivity index (χ1v) is 21.2. The molecule has 0 bridgehead atoms. The minimum absolute atomic E-state index is 0.0172. The number of fused-ring (bicyclic) bond motifs is 6. The Bertz CT molecular complexity index is 3870. The SMILES string of the molecule is N#Cc1cccc(-c2cc(C(F)(F)F)ccc2-n2c3ccccc3c3cc(-c4ccc(C(F)(F)F)cc4C(F)(F)F)ccc32)c1-n1c2ccccc2c2cc(-c3ccc(C(F)(F)F)cc3C(F)(F)F)ccc21. The maximum absolute atomic E-state index is 14.8. The number of alkyl halides is 15. The molecule has 3 nitrogen and oxygen atoms in total. The summed E-state index contributed by atoms with van der Waals surface area (Å²) >= 11 is 0. The normalized spacial score (nSPS) is 12.9. The maximum Gasteiger partial charge on any atom is 0.417 e. The standard InChI is InChI=1S/C54H26F15N3/c55-50(56,57)31-16-21-47(71-44-10-3-1-7-36(44)39-22-28(12-19-46(39)71)34-17-14-32(51(58,59)60)25-42(34)53(64,65)66)41(24-31)38-9-5-6-30(27-70)49(38)72-45-11-4-2-8-37(45)40-23-29(13-20-48(40)72)35-18-15-33(52(61,62)63)26-43(35)54(67,68)69/h1-26H. The van der Waals surface area contributed by atoms with Crippen LogP contribution in [-0.4, -0.2) is 9.13 Å². The predicted molar refractivity (Wildman–Crippen MR) is 241 cm³/mol. The molecule has 0 aliphatic rings. The van der Waals surface area contributed by atoms with Gasteiger partial charge in [-0.2, -0.15) is 71.1 Å². The highest BCUT2D eigenvalue weighted by atomic mass is 19.4. The Hall–Kier alpha value is -8.20. The zero-order valence-corrected chi connectivity index (χ0v) is 36.0. The van der Waals surface area contributed by atoms with Crippen LogP contribution >= 0.6 is 0 Å². The average Bonchev–Trinajstić information content (AvgIpc) is 3.83. The quantitative estimate of drug-likeness (QED) is 0.158. The minimum atomic E-state index is -5.22. The Morgan fingerprint density at radius 2 is 0.764 bits per heavy atom. The lowest BCUT2D eigenvalue weighted by atomic mass is 9.95. The second-order valence-corrected chi connectivity index (χ2v) is 16.7. The first-order chi connectivity index (χ1) is 33.8. The van der Waals surface area contributed by atoms with Crippen LogP contribution in [0.2, 0.25) is 0 Å². The monoisotopic (exact) mass is 1000 g/mol. The van der Waals surface area contributed by atoms with Gasteiger partial charge in [0.2, 0.25) is 0 Å². The van der Waals surface area contributed by atoms with Crippen molar-refractivity contribution in [2.45, 2.75) is 30.9 Å². The minimum Gasteiger partial charge on any atom is -0.309 e. The molecule has 0 N–H and O–H groups in total. The van der Waals surface area contributed by atoms with Gasteiger partial charge in [0.1, 0.15) is 6.07 Å². The van der Waals surface area contributed by atoms with Crippen LogP contribution in [0.25, 0.3) is 88.4 Å². The van der Waals surface area contributed by atoms with E-state index in [1.807, 2.05) is 0 Å². The molecular weight excluding hydrogens is 976 g/mol. The van der Waals surface area contributed by atoms with Crippen molar-refractivity contribution in [3.05, 3.63) is 191 Å². The summed E-state index contributed by atoms with van der Waals surface area (Å²) in [5.41, 5.74) is -7.54. The summed E-state index contributed by atoms with van der Waals surface area (Å²) in [4.78, 5) is 0. The molecule has 0 fully saturated rings. The number of hydrogen-bond donors (Lipinski definition) is 0. The van der Waals surface area contributed by atoms with E-state index in [0.717, 1.165) is 12.1 Å². The van der Waals surface area contributed by atoms with Gasteiger partial charge in [0.15, 0.2) is 0 Å². The van der Waals surface area contributed by atoms with Crippen molar-refractivity contribution >= 4 is 43.6 Å². The van der Waals surface area contributed by atoms with Crippen molar-refractivity contribution in [2.75, 3.05) is 0 Å². The van der Waals surface area contributed by atoms with Crippen LogP contribution in [0.1, 0.15) is 33.4 Å². The second-order valence-electron chi connectivity index (χ2n) is 16.7. The average molecular weight is 1000 g/mol. The van der Waals surface area contributed by atoms with Crippen molar-refractivity contribution in [1.82, 2.24) is 9.13 Å². The highest BCUT2D eigenvalue weighted by Crippen LogP contribution is 2.48. The molecule has 2 heterocycles. The topological polar surface area (TPSA) is 33.6 Å². The highest BCUT2D eigenvalue weighted by Gasteiger charge is 2.40. The first kappa shape index (κ1) is 47.5. The highest BCUT2D eigenvalue weighted by molar-refractivity contribution is 6.13. The summed E-state index contributed by atoms with van der Waals surface area (Å²) < 4.78 is 216. The fraction of sp³-hybridized carbons (Fsp3) is 0.0926. The fourth-order valence-electron chi connectivity index (χ4n) is 9.41. The van der Waals surface area contributed by atoms with Gasteiger partial charge in [-0.05, 0) is 107 Å². The summed E-state index contributed by atoms with van der Waals surface area (Å²) in [6.45, 7) is 0. The molecule has 0 saturated carbocycles. The molecule has 0 saturated heterocycles. The number of benzene rings is 8. The molecule has 0 atom stereocenters. The van der Waals surface area contributed by atoms with E-state index in [4.69, 9.17) is 0 Å². The molecule has 10 aromatic rings. The van der Waals surface area contributed by atoms with Crippen molar-refractivity contribution in [2.24, 2.45) is 0 Å². The second kappa shape index (κ2) is 16.4. The van der Waals surface area contributed by atoms with E-state index in [0.29, 0.717) is 46.1 Å². The molecule has 0 aliphatic carbocycles. The molecule has 0 radical (unpaired) electrons. The number of para-hydroxylation sites is 3. The molecule has 72 heavy (non-hydrogen) atoms. The summed E-state index contributed by atoms with van der Waals surface area (Å²) in [6, 6.07) is 32.6.